The molecule has 0 fully saturated rings. The standard InChI is InChI=1S/C11H10ClNS/c1-7-5-3-4-6-9(7)10-8(2)11(12)13-14-10/h3-6H,1-2H3. The van der Waals surface area contributed by atoms with Crippen LogP contribution in [0.2, 0.25) is 5.15 Å². The Bertz CT molecular complexity index is 462. The Labute approximate surface area is 92.5 Å². The van der Waals surface area contributed by atoms with E-state index in [2.05, 4.69) is 23.4 Å². The van der Waals surface area contributed by atoms with Crippen LogP contribution in [0.25, 0.3) is 10.4 Å². The van der Waals surface area contributed by atoms with E-state index in [0.29, 0.717) is 5.15 Å². The molecular formula is C11H10ClNS. The van der Waals surface area contributed by atoms with E-state index in [4.69, 9.17) is 11.6 Å². The molecule has 1 heterocycles. The van der Waals surface area contributed by atoms with Gasteiger partial charge in [-0.15, -0.1) is 0 Å². The molecule has 0 aliphatic rings. The summed E-state index contributed by atoms with van der Waals surface area (Å²) in [6, 6.07) is 8.28. The van der Waals surface area contributed by atoms with Gasteiger partial charge in [0.25, 0.3) is 0 Å². The predicted octanol–water partition coefficient (Wildman–Crippen LogP) is 4.08. The molecule has 0 saturated heterocycles. The maximum absolute atomic E-state index is 5.93. The highest BCUT2D eigenvalue weighted by Crippen LogP contribution is 2.33. The third-order valence-corrected chi connectivity index (χ3v) is 3.71. The quantitative estimate of drug-likeness (QED) is 0.710. The third-order valence-electron chi connectivity index (χ3n) is 2.26. The Balaban J connectivity index is 2.60. The van der Waals surface area contributed by atoms with Gasteiger partial charge in [-0.3, -0.25) is 0 Å². The van der Waals surface area contributed by atoms with Gasteiger partial charge in [-0.25, -0.2) is 0 Å². The molecule has 0 saturated carbocycles. The number of rotatable bonds is 1. The fourth-order valence-electron chi connectivity index (χ4n) is 1.40. The second-order valence-electron chi connectivity index (χ2n) is 3.24. The fraction of sp³-hybridized carbons (Fsp3) is 0.182. The number of benzene rings is 1. The minimum atomic E-state index is 0.619. The van der Waals surface area contributed by atoms with Crippen molar-refractivity contribution in [2.45, 2.75) is 13.8 Å². The highest BCUT2D eigenvalue weighted by molar-refractivity contribution is 7.10. The number of aromatic nitrogens is 1. The van der Waals surface area contributed by atoms with E-state index in [1.54, 1.807) is 0 Å². The normalized spacial score (nSPS) is 10.5. The molecule has 0 bridgehead atoms. The molecular weight excluding hydrogens is 214 g/mol. The van der Waals surface area contributed by atoms with E-state index in [1.807, 2.05) is 19.1 Å². The highest BCUT2D eigenvalue weighted by Gasteiger charge is 2.10. The highest BCUT2D eigenvalue weighted by atomic mass is 35.5. The van der Waals surface area contributed by atoms with Gasteiger partial charge < -0.3 is 0 Å². The maximum Gasteiger partial charge on any atom is 0.146 e. The van der Waals surface area contributed by atoms with Crippen molar-refractivity contribution in [2.75, 3.05) is 0 Å². The first-order valence-electron chi connectivity index (χ1n) is 4.38. The van der Waals surface area contributed by atoms with Gasteiger partial charge >= 0.3 is 0 Å². The minimum absolute atomic E-state index is 0.619. The van der Waals surface area contributed by atoms with Crippen molar-refractivity contribution < 1.29 is 0 Å². The Morgan fingerprint density at radius 3 is 2.50 bits per heavy atom. The van der Waals surface area contributed by atoms with Crippen LogP contribution in [-0.2, 0) is 0 Å². The van der Waals surface area contributed by atoms with Crippen molar-refractivity contribution in [1.29, 1.82) is 0 Å². The molecule has 14 heavy (non-hydrogen) atoms. The van der Waals surface area contributed by atoms with Gasteiger partial charge in [-0.2, -0.15) is 4.37 Å². The molecule has 72 valence electrons. The SMILES string of the molecule is Cc1ccccc1-c1snc(Cl)c1C. The zero-order valence-electron chi connectivity index (χ0n) is 8.04. The topological polar surface area (TPSA) is 12.9 Å². The van der Waals surface area contributed by atoms with Crippen molar-refractivity contribution in [2.24, 2.45) is 0 Å². The Hall–Kier alpha value is -0.860. The van der Waals surface area contributed by atoms with Crippen molar-refractivity contribution in [3.8, 4) is 10.4 Å². The summed E-state index contributed by atoms with van der Waals surface area (Å²) in [7, 11) is 0. The molecule has 1 aromatic heterocycles. The molecule has 0 aliphatic carbocycles. The molecule has 1 nitrogen and oxygen atoms in total. The molecule has 2 rings (SSSR count). The van der Waals surface area contributed by atoms with Crippen LogP contribution in [0, 0.1) is 13.8 Å². The first kappa shape index (κ1) is 9.69. The van der Waals surface area contributed by atoms with E-state index in [-0.39, 0.29) is 0 Å². The fourth-order valence-corrected chi connectivity index (χ4v) is 2.52. The average molecular weight is 224 g/mol. The summed E-state index contributed by atoms with van der Waals surface area (Å²) in [5, 5.41) is 0.619. The largest absolute Gasteiger partial charge is 0.180 e. The lowest BCUT2D eigenvalue weighted by Crippen LogP contribution is -1.80. The van der Waals surface area contributed by atoms with Crippen LogP contribution >= 0.6 is 23.1 Å². The summed E-state index contributed by atoms with van der Waals surface area (Å²) < 4.78 is 4.14. The van der Waals surface area contributed by atoms with Crippen LogP contribution in [0.15, 0.2) is 24.3 Å². The summed E-state index contributed by atoms with van der Waals surface area (Å²) in [5.41, 5.74) is 3.57. The van der Waals surface area contributed by atoms with Gasteiger partial charge in [-0.05, 0) is 36.5 Å². The molecule has 0 spiro atoms. The molecule has 0 atom stereocenters. The third kappa shape index (κ3) is 1.56. The number of aryl methyl sites for hydroxylation is 1. The zero-order valence-corrected chi connectivity index (χ0v) is 9.62. The predicted molar refractivity (Wildman–Crippen MR) is 62.0 cm³/mol. The van der Waals surface area contributed by atoms with E-state index < -0.39 is 0 Å². The Kier molecular flexibility index (Phi) is 2.57. The van der Waals surface area contributed by atoms with E-state index in [9.17, 15) is 0 Å². The van der Waals surface area contributed by atoms with Gasteiger partial charge in [0.05, 0.1) is 4.88 Å². The van der Waals surface area contributed by atoms with Crippen LogP contribution < -0.4 is 0 Å². The van der Waals surface area contributed by atoms with E-state index >= 15 is 0 Å². The van der Waals surface area contributed by atoms with Crippen molar-refractivity contribution in [3.05, 3.63) is 40.5 Å². The molecule has 3 heteroatoms. The van der Waals surface area contributed by atoms with Gasteiger partial charge in [0.1, 0.15) is 5.15 Å². The summed E-state index contributed by atoms with van der Waals surface area (Å²) >= 11 is 7.39. The average Bonchev–Trinajstić information content (AvgIpc) is 2.49. The van der Waals surface area contributed by atoms with E-state index in [0.717, 1.165) is 5.56 Å². The summed E-state index contributed by atoms with van der Waals surface area (Å²) in [6.45, 7) is 4.11. The van der Waals surface area contributed by atoms with E-state index in [1.165, 1.54) is 27.5 Å². The molecule has 2 aromatic rings. The van der Waals surface area contributed by atoms with Crippen LogP contribution in [0.3, 0.4) is 0 Å². The molecule has 0 unspecified atom stereocenters. The smallest absolute Gasteiger partial charge is 0.146 e. The van der Waals surface area contributed by atoms with Crippen LogP contribution in [0.5, 0.6) is 0 Å². The van der Waals surface area contributed by atoms with Crippen molar-refractivity contribution >= 4 is 23.1 Å². The molecule has 0 aliphatic heterocycles. The minimum Gasteiger partial charge on any atom is -0.180 e. The number of nitrogens with zero attached hydrogens (tertiary/aromatic N) is 1. The van der Waals surface area contributed by atoms with Gasteiger partial charge in [0, 0.05) is 5.56 Å². The number of hydrogen-bond acceptors (Lipinski definition) is 2. The lowest BCUT2D eigenvalue weighted by atomic mass is 10.1. The Morgan fingerprint density at radius 2 is 1.93 bits per heavy atom. The Morgan fingerprint density at radius 1 is 1.21 bits per heavy atom. The molecule has 1 aromatic carbocycles. The van der Waals surface area contributed by atoms with Crippen LogP contribution in [0.4, 0.5) is 0 Å². The van der Waals surface area contributed by atoms with Crippen LogP contribution in [-0.4, -0.2) is 4.37 Å². The first-order valence-corrected chi connectivity index (χ1v) is 5.53. The molecule has 0 radical (unpaired) electrons. The molecule has 0 N–H and O–H groups in total. The molecule has 0 amide bonds. The number of halogens is 1. The second-order valence-corrected chi connectivity index (χ2v) is 4.37. The lowest BCUT2D eigenvalue weighted by Gasteiger charge is -2.02. The summed E-state index contributed by atoms with van der Waals surface area (Å²) in [4.78, 5) is 1.17. The lowest BCUT2D eigenvalue weighted by molar-refractivity contribution is 1.42. The maximum atomic E-state index is 5.93. The van der Waals surface area contributed by atoms with Gasteiger partial charge in [-0.1, -0.05) is 35.9 Å². The summed E-state index contributed by atoms with van der Waals surface area (Å²) in [6.07, 6.45) is 0. The van der Waals surface area contributed by atoms with Crippen molar-refractivity contribution in [3.63, 3.8) is 0 Å². The van der Waals surface area contributed by atoms with Crippen LogP contribution in [0.1, 0.15) is 11.1 Å². The summed E-state index contributed by atoms with van der Waals surface area (Å²) in [5.74, 6) is 0. The monoisotopic (exact) mass is 223 g/mol. The zero-order chi connectivity index (χ0) is 10.1. The van der Waals surface area contributed by atoms with Gasteiger partial charge in [0.15, 0.2) is 0 Å². The first-order chi connectivity index (χ1) is 6.70. The second kappa shape index (κ2) is 3.71. The van der Waals surface area contributed by atoms with Crippen molar-refractivity contribution in [1.82, 2.24) is 4.37 Å². The number of hydrogen-bond donors (Lipinski definition) is 0. The van der Waals surface area contributed by atoms with Gasteiger partial charge in [0.2, 0.25) is 0 Å².